The lowest BCUT2D eigenvalue weighted by atomic mass is 10.0. The molecule has 1 fully saturated rings. The molecule has 1 aliphatic carbocycles. The van der Waals surface area contributed by atoms with Crippen molar-refractivity contribution in [3.63, 3.8) is 0 Å². The van der Waals surface area contributed by atoms with E-state index < -0.39 is 0 Å². The Balaban J connectivity index is 2.16. The first kappa shape index (κ1) is 15.5. The van der Waals surface area contributed by atoms with Gasteiger partial charge in [0.05, 0.1) is 18.3 Å². The fraction of sp³-hybridized carbons (Fsp3) is 0.562. The van der Waals surface area contributed by atoms with Crippen LogP contribution in [0, 0.1) is 5.92 Å². The maximum atomic E-state index is 12.0. The van der Waals surface area contributed by atoms with Crippen LogP contribution in [-0.4, -0.2) is 21.7 Å². The SMILES string of the molecule is C=C(C)C(=O)N[C@H](Cn1nc(C2CC2)ccc1=O)C(C)C. The summed E-state index contributed by atoms with van der Waals surface area (Å²) in [5.74, 6) is 0.519. The zero-order valence-corrected chi connectivity index (χ0v) is 12.9. The van der Waals surface area contributed by atoms with Crippen molar-refractivity contribution in [1.82, 2.24) is 15.1 Å². The van der Waals surface area contributed by atoms with Crippen molar-refractivity contribution >= 4 is 5.91 Å². The Kier molecular flexibility index (Phi) is 4.60. The minimum absolute atomic E-state index is 0.130. The molecule has 2 rings (SSSR count). The van der Waals surface area contributed by atoms with Gasteiger partial charge in [0.2, 0.25) is 5.91 Å². The molecule has 1 heterocycles. The van der Waals surface area contributed by atoms with Crippen molar-refractivity contribution in [2.45, 2.75) is 52.1 Å². The molecule has 1 aromatic rings. The number of amides is 1. The molecule has 0 unspecified atom stereocenters. The summed E-state index contributed by atoms with van der Waals surface area (Å²) in [5.41, 5.74) is 1.31. The average Bonchev–Trinajstić information content (AvgIpc) is 3.24. The van der Waals surface area contributed by atoms with Crippen molar-refractivity contribution in [3.8, 4) is 0 Å². The maximum Gasteiger partial charge on any atom is 0.266 e. The van der Waals surface area contributed by atoms with Gasteiger partial charge in [0, 0.05) is 17.6 Å². The molecule has 1 saturated carbocycles. The molecule has 1 atom stereocenters. The fourth-order valence-electron chi connectivity index (χ4n) is 2.09. The largest absolute Gasteiger partial charge is 0.347 e. The van der Waals surface area contributed by atoms with Gasteiger partial charge < -0.3 is 5.32 Å². The van der Waals surface area contributed by atoms with Crippen LogP contribution in [0.3, 0.4) is 0 Å². The predicted molar refractivity (Wildman–Crippen MR) is 82.1 cm³/mol. The zero-order valence-electron chi connectivity index (χ0n) is 12.9. The third-order valence-corrected chi connectivity index (χ3v) is 3.76. The number of aromatic nitrogens is 2. The van der Waals surface area contributed by atoms with Gasteiger partial charge in [-0.1, -0.05) is 20.4 Å². The van der Waals surface area contributed by atoms with E-state index in [1.807, 2.05) is 19.9 Å². The number of hydrogen-bond donors (Lipinski definition) is 1. The summed E-state index contributed by atoms with van der Waals surface area (Å²) >= 11 is 0. The third-order valence-electron chi connectivity index (χ3n) is 3.76. The first-order valence-electron chi connectivity index (χ1n) is 7.43. The molecular weight excluding hydrogens is 266 g/mol. The monoisotopic (exact) mass is 289 g/mol. The summed E-state index contributed by atoms with van der Waals surface area (Å²) in [6, 6.07) is 3.24. The topological polar surface area (TPSA) is 64.0 Å². The van der Waals surface area contributed by atoms with Gasteiger partial charge in [0.15, 0.2) is 0 Å². The number of rotatable bonds is 6. The molecule has 0 saturated heterocycles. The number of nitrogens with one attached hydrogen (secondary N) is 1. The molecule has 0 spiro atoms. The number of nitrogens with zero attached hydrogens (tertiary/aromatic N) is 2. The normalized spacial score (nSPS) is 15.8. The fourth-order valence-corrected chi connectivity index (χ4v) is 2.09. The summed E-state index contributed by atoms with van der Waals surface area (Å²) in [7, 11) is 0. The van der Waals surface area contributed by atoms with E-state index in [2.05, 4.69) is 17.0 Å². The average molecular weight is 289 g/mol. The van der Waals surface area contributed by atoms with Gasteiger partial charge in [-0.3, -0.25) is 9.59 Å². The van der Waals surface area contributed by atoms with Crippen LogP contribution < -0.4 is 10.9 Å². The highest BCUT2D eigenvalue weighted by Gasteiger charge is 2.26. The van der Waals surface area contributed by atoms with Gasteiger partial charge in [0.25, 0.3) is 5.56 Å². The summed E-state index contributed by atoms with van der Waals surface area (Å²) in [6.07, 6.45) is 2.29. The standard InChI is InChI=1S/C16H23N3O2/c1-10(2)14(17-16(21)11(3)4)9-19-15(20)8-7-13(18-19)12-5-6-12/h7-8,10,12,14H,3,5-6,9H2,1-2,4H3,(H,17,21)/t14-/m1/s1. The summed E-state index contributed by atoms with van der Waals surface area (Å²) in [4.78, 5) is 23.8. The van der Waals surface area contributed by atoms with E-state index in [-0.39, 0.29) is 23.4 Å². The Morgan fingerprint density at radius 2 is 2.14 bits per heavy atom. The van der Waals surface area contributed by atoms with Crippen LogP contribution in [0.25, 0.3) is 0 Å². The van der Waals surface area contributed by atoms with Crippen molar-refractivity contribution in [2.75, 3.05) is 0 Å². The van der Waals surface area contributed by atoms with Gasteiger partial charge in [-0.15, -0.1) is 0 Å². The molecule has 114 valence electrons. The molecule has 1 N–H and O–H groups in total. The molecular formula is C16H23N3O2. The molecule has 0 bridgehead atoms. The minimum atomic E-state index is -0.180. The molecule has 5 heteroatoms. The van der Waals surface area contributed by atoms with Crippen LogP contribution in [0.1, 0.15) is 45.2 Å². The molecule has 1 amide bonds. The molecule has 5 nitrogen and oxygen atoms in total. The van der Waals surface area contributed by atoms with E-state index in [9.17, 15) is 9.59 Å². The molecule has 0 aromatic carbocycles. The van der Waals surface area contributed by atoms with E-state index in [0.717, 1.165) is 18.5 Å². The van der Waals surface area contributed by atoms with Crippen LogP contribution in [0.4, 0.5) is 0 Å². The maximum absolute atomic E-state index is 12.0. The molecule has 0 aliphatic heterocycles. The highest BCUT2D eigenvalue weighted by Crippen LogP contribution is 2.38. The quantitative estimate of drug-likeness (QED) is 0.813. The van der Waals surface area contributed by atoms with Crippen LogP contribution in [0.2, 0.25) is 0 Å². The van der Waals surface area contributed by atoms with E-state index in [1.165, 1.54) is 4.68 Å². The van der Waals surface area contributed by atoms with Gasteiger partial charge >= 0.3 is 0 Å². The van der Waals surface area contributed by atoms with Crippen molar-refractivity contribution in [1.29, 1.82) is 0 Å². The highest BCUT2D eigenvalue weighted by molar-refractivity contribution is 5.92. The Hall–Kier alpha value is -1.91. The highest BCUT2D eigenvalue weighted by atomic mass is 16.2. The van der Waals surface area contributed by atoms with Crippen LogP contribution >= 0.6 is 0 Å². The van der Waals surface area contributed by atoms with Crippen LogP contribution in [0.5, 0.6) is 0 Å². The first-order chi connectivity index (χ1) is 9.88. The van der Waals surface area contributed by atoms with Crippen molar-refractivity contribution in [2.24, 2.45) is 5.92 Å². The van der Waals surface area contributed by atoms with E-state index in [1.54, 1.807) is 13.0 Å². The second-order valence-corrected chi connectivity index (χ2v) is 6.16. The number of carbonyl (C=O) groups excluding carboxylic acids is 1. The van der Waals surface area contributed by atoms with E-state index in [0.29, 0.717) is 18.0 Å². The smallest absolute Gasteiger partial charge is 0.266 e. The number of hydrogen-bond acceptors (Lipinski definition) is 3. The molecule has 1 aromatic heterocycles. The molecule has 21 heavy (non-hydrogen) atoms. The second-order valence-electron chi connectivity index (χ2n) is 6.16. The Labute approximate surface area is 125 Å². The third kappa shape index (κ3) is 4.03. The molecule has 0 radical (unpaired) electrons. The first-order valence-corrected chi connectivity index (χ1v) is 7.43. The van der Waals surface area contributed by atoms with Gasteiger partial charge in [-0.2, -0.15) is 5.10 Å². The second kappa shape index (κ2) is 6.24. The predicted octanol–water partition coefficient (Wildman–Crippen LogP) is 1.84. The number of carbonyl (C=O) groups is 1. The molecule has 1 aliphatic rings. The lowest BCUT2D eigenvalue weighted by Crippen LogP contribution is -2.44. The Morgan fingerprint density at radius 3 is 2.67 bits per heavy atom. The summed E-state index contributed by atoms with van der Waals surface area (Å²) < 4.78 is 1.47. The Bertz CT molecular complexity index is 600. The van der Waals surface area contributed by atoms with Gasteiger partial charge in [-0.05, 0) is 31.7 Å². The van der Waals surface area contributed by atoms with Gasteiger partial charge in [-0.25, -0.2) is 4.68 Å². The van der Waals surface area contributed by atoms with Crippen molar-refractivity contribution in [3.05, 3.63) is 40.3 Å². The van der Waals surface area contributed by atoms with Crippen LogP contribution in [0.15, 0.2) is 29.1 Å². The zero-order chi connectivity index (χ0) is 15.6. The lowest BCUT2D eigenvalue weighted by molar-refractivity contribution is -0.118. The summed E-state index contributed by atoms with van der Waals surface area (Å²) in [6.45, 7) is 9.72. The minimum Gasteiger partial charge on any atom is -0.347 e. The van der Waals surface area contributed by atoms with E-state index >= 15 is 0 Å². The van der Waals surface area contributed by atoms with Crippen LogP contribution in [-0.2, 0) is 11.3 Å². The van der Waals surface area contributed by atoms with Crippen molar-refractivity contribution < 1.29 is 4.79 Å². The summed E-state index contributed by atoms with van der Waals surface area (Å²) in [5, 5.41) is 7.36. The van der Waals surface area contributed by atoms with Gasteiger partial charge in [0.1, 0.15) is 0 Å². The lowest BCUT2D eigenvalue weighted by Gasteiger charge is -2.23. The van der Waals surface area contributed by atoms with E-state index in [4.69, 9.17) is 0 Å². The Morgan fingerprint density at radius 1 is 1.48 bits per heavy atom.